The number of aliphatic hydroxyl groups is 1. The van der Waals surface area contributed by atoms with Crippen molar-refractivity contribution in [1.82, 2.24) is 9.55 Å². The van der Waals surface area contributed by atoms with Crippen molar-refractivity contribution in [2.45, 2.75) is 6.10 Å². The Bertz CT molecular complexity index is 505. The van der Waals surface area contributed by atoms with E-state index in [0.29, 0.717) is 5.82 Å². The van der Waals surface area contributed by atoms with Gasteiger partial charge in [-0.1, -0.05) is 12.1 Å². The van der Waals surface area contributed by atoms with Gasteiger partial charge in [0.15, 0.2) is 0 Å². The van der Waals surface area contributed by atoms with E-state index >= 15 is 0 Å². The summed E-state index contributed by atoms with van der Waals surface area (Å²) in [5.74, 6) is 0.654. The number of hydrogen-bond donors (Lipinski definition) is 1. The third-order valence-electron chi connectivity index (χ3n) is 2.81. The van der Waals surface area contributed by atoms with Gasteiger partial charge in [-0.2, -0.15) is 0 Å². The summed E-state index contributed by atoms with van der Waals surface area (Å²) >= 11 is 0. The number of nitrogens with zero attached hydrogens (tertiary/aromatic N) is 3. The summed E-state index contributed by atoms with van der Waals surface area (Å²) < 4.78 is 1.83. The predicted molar refractivity (Wildman–Crippen MR) is 68.0 cm³/mol. The maximum atomic E-state index is 10.3. The number of aryl methyl sites for hydroxylation is 1. The van der Waals surface area contributed by atoms with E-state index in [0.717, 1.165) is 11.3 Å². The molecule has 1 atom stereocenters. The van der Waals surface area contributed by atoms with Gasteiger partial charge < -0.3 is 14.6 Å². The number of aromatic nitrogens is 2. The summed E-state index contributed by atoms with van der Waals surface area (Å²) in [5.41, 5.74) is 1.92. The standard InChI is InChI=1S/C13H17N3O/c1-15(2)11-6-4-5-10(9-11)12(17)13-14-7-8-16(13)3/h4-9,12,17H,1-3H3. The SMILES string of the molecule is CN(C)c1cccc(C(O)c2nccn2C)c1. The van der Waals surface area contributed by atoms with Crippen molar-refractivity contribution < 1.29 is 5.11 Å². The van der Waals surface area contributed by atoms with Gasteiger partial charge in [-0.15, -0.1) is 0 Å². The zero-order valence-electron chi connectivity index (χ0n) is 10.3. The molecule has 1 aromatic carbocycles. The Morgan fingerprint density at radius 3 is 2.71 bits per heavy atom. The molecule has 1 aromatic heterocycles. The molecule has 1 unspecified atom stereocenters. The molecular formula is C13H17N3O. The van der Waals surface area contributed by atoms with E-state index in [4.69, 9.17) is 0 Å². The molecule has 0 aliphatic rings. The molecule has 0 radical (unpaired) electrons. The van der Waals surface area contributed by atoms with Gasteiger partial charge in [0.1, 0.15) is 11.9 Å². The zero-order valence-corrected chi connectivity index (χ0v) is 10.3. The van der Waals surface area contributed by atoms with E-state index in [1.165, 1.54) is 0 Å². The molecule has 0 spiro atoms. The van der Waals surface area contributed by atoms with E-state index in [1.54, 1.807) is 6.20 Å². The lowest BCUT2D eigenvalue weighted by atomic mass is 10.1. The minimum absolute atomic E-state index is 0.654. The summed E-state index contributed by atoms with van der Waals surface area (Å²) in [6.45, 7) is 0. The van der Waals surface area contributed by atoms with Crippen LogP contribution in [0.1, 0.15) is 17.5 Å². The van der Waals surface area contributed by atoms with Gasteiger partial charge in [0, 0.05) is 39.2 Å². The van der Waals surface area contributed by atoms with Crippen LogP contribution < -0.4 is 4.90 Å². The Morgan fingerprint density at radius 2 is 2.12 bits per heavy atom. The lowest BCUT2D eigenvalue weighted by Crippen LogP contribution is -2.11. The van der Waals surface area contributed by atoms with Crippen molar-refractivity contribution in [3.8, 4) is 0 Å². The molecule has 4 heteroatoms. The van der Waals surface area contributed by atoms with Crippen LogP contribution >= 0.6 is 0 Å². The maximum Gasteiger partial charge on any atom is 0.142 e. The van der Waals surface area contributed by atoms with Crippen LogP contribution in [0, 0.1) is 0 Å². The Hall–Kier alpha value is -1.81. The fourth-order valence-corrected chi connectivity index (χ4v) is 1.76. The van der Waals surface area contributed by atoms with Crippen molar-refractivity contribution in [3.05, 3.63) is 48.0 Å². The highest BCUT2D eigenvalue weighted by atomic mass is 16.3. The largest absolute Gasteiger partial charge is 0.380 e. The average molecular weight is 231 g/mol. The van der Waals surface area contributed by atoms with Gasteiger partial charge in [-0.05, 0) is 17.7 Å². The summed E-state index contributed by atoms with van der Waals surface area (Å²) in [6, 6.07) is 7.83. The zero-order chi connectivity index (χ0) is 12.4. The first kappa shape index (κ1) is 11.7. The molecule has 1 N–H and O–H groups in total. The molecule has 0 amide bonds. The minimum Gasteiger partial charge on any atom is -0.380 e. The summed E-state index contributed by atoms with van der Waals surface area (Å²) in [5, 5.41) is 10.3. The van der Waals surface area contributed by atoms with Gasteiger partial charge in [0.25, 0.3) is 0 Å². The van der Waals surface area contributed by atoms with Gasteiger partial charge >= 0.3 is 0 Å². The molecule has 90 valence electrons. The van der Waals surface area contributed by atoms with Gasteiger partial charge in [0.05, 0.1) is 0 Å². The van der Waals surface area contributed by atoms with Crippen LogP contribution in [0.25, 0.3) is 0 Å². The van der Waals surface area contributed by atoms with Crippen molar-refractivity contribution in [2.24, 2.45) is 7.05 Å². The van der Waals surface area contributed by atoms with Gasteiger partial charge in [0.2, 0.25) is 0 Å². The van der Waals surface area contributed by atoms with E-state index in [-0.39, 0.29) is 0 Å². The maximum absolute atomic E-state index is 10.3. The van der Waals surface area contributed by atoms with Crippen LogP contribution in [0.2, 0.25) is 0 Å². The Balaban J connectivity index is 2.34. The second-order valence-corrected chi connectivity index (χ2v) is 4.29. The first-order valence-corrected chi connectivity index (χ1v) is 5.52. The van der Waals surface area contributed by atoms with Gasteiger partial charge in [-0.25, -0.2) is 4.98 Å². The normalized spacial score (nSPS) is 12.5. The molecule has 0 saturated carbocycles. The topological polar surface area (TPSA) is 41.3 Å². The predicted octanol–water partition coefficient (Wildman–Crippen LogP) is 1.57. The smallest absolute Gasteiger partial charge is 0.142 e. The fraction of sp³-hybridized carbons (Fsp3) is 0.308. The third-order valence-corrected chi connectivity index (χ3v) is 2.81. The first-order valence-electron chi connectivity index (χ1n) is 5.52. The first-order chi connectivity index (χ1) is 8.09. The highest BCUT2D eigenvalue weighted by molar-refractivity contribution is 5.48. The van der Waals surface area contributed by atoms with Crippen LogP contribution in [0.5, 0.6) is 0 Å². The van der Waals surface area contributed by atoms with E-state index in [9.17, 15) is 5.11 Å². The molecule has 0 fully saturated rings. The van der Waals surface area contributed by atoms with Crippen LogP contribution in [-0.2, 0) is 7.05 Å². The molecule has 1 heterocycles. The fourth-order valence-electron chi connectivity index (χ4n) is 1.76. The molecule has 2 aromatic rings. The van der Waals surface area contributed by atoms with E-state index in [2.05, 4.69) is 4.98 Å². The van der Waals surface area contributed by atoms with Crippen molar-refractivity contribution in [1.29, 1.82) is 0 Å². The van der Waals surface area contributed by atoms with Crippen molar-refractivity contribution in [3.63, 3.8) is 0 Å². The molecule has 0 bridgehead atoms. The quantitative estimate of drug-likeness (QED) is 0.871. The number of imidazole rings is 1. The second kappa shape index (κ2) is 4.59. The molecule has 2 rings (SSSR count). The number of benzene rings is 1. The van der Waals surface area contributed by atoms with Crippen LogP contribution in [0.3, 0.4) is 0 Å². The minimum atomic E-state index is -0.685. The highest BCUT2D eigenvalue weighted by Crippen LogP contribution is 2.23. The summed E-state index contributed by atoms with van der Waals surface area (Å²) in [7, 11) is 5.83. The van der Waals surface area contributed by atoms with Crippen molar-refractivity contribution in [2.75, 3.05) is 19.0 Å². The summed E-state index contributed by atoms with van der Waals surface area (Å²) in [4.78, 5) is 6.17. The van der Waals surface area contributed by atoms with Crippen LogP contribution in [0.15, 0.2) is 36.7 Å². The molecule has 0 aliphatic heterocycles. The van der Waals surface area contributed by atoms with Crippen LogP contribution in [0.4, 0.5) is 5.69 Å². The highest BCUT2D eigenvalue weighted by Gasteiger charge is 2.15. The van der Waals surface area contributed by atoms with Crippen LogP contribution in [-0.4, -0.2) is 28.8 Å². The van der Waals surface area contributed by atoms with E-state index in [1.807, 2.05) is 61.1 Å². The van der Waals surface area contributed by atoms with E-state index < -0.39 is 6.10 Å². The molecule has 17 heavy (non-hydrogen) atoms. The Morgan fingerprint density at radius 1 is 1.35 bits per heavy atom. The average Bonchev–Trinajstić information content (AvgIpc) is 2.74. The Labute approximate surface area is 101 Å². The second-order valence-electron chi connectivity index (χ2n) is 4.29. The third kappa shape index (κ3) is 2.31. The lowest BCUT2D eigenvalue weighted by molar-refractivity contribution is 0.206. The van der Waals surface area contributed by atoms with Crippen molar-refractivity contribution >= 4 is 5.69 Å². The molecule has 0 saturated heterocycles. The molecular weight excluding hydrogens is 214 g/mol. The lowest BCUT2D eigenvalue weighted by Gasteiger charge is -2.16. The molecule has 4 nitrogen and oxygen atoms in total. The number of hydrogen-bond acceptors (Lipinski definition) is 3. The number of anilines is 1. The number of aliphatic hydroxyl groups excluding tert-OH is 1. The van der Waals surface area contributed by atoms with Gasteiger partial charge in [-0.3, -0.25) is 0 Å². The summed E-state index contributed by atoms with van der Waals surface area (Å²) in [6.07, 6.45) is 2.83. The Kier molecular flexibility index (Phi) is 3.15. The number of rotatable bonds is 3. The molecule has 0 aliphatic carbocycles. The monoisotopic (exact) mass is 231 g/mol.